The van der Waals surface area contributed by atoms with Gasteiger partial charge in [-0.15, -0.1) is 11.8 Å². The zero-order valence-corrected chi connectivity index (χ0v) is 17.0. The van der Waals surface area contributed by atoms with Gasteiger partial charge in [-0.25, -0.2) is 4.39 Å². The Morgan fingerprint density at radius 1 is 1.00 bits per heavy atom. The van der Waals surface area contributed by atoms with Crippen molar-refractivity contribution in [2.45, 2.75) is 17.6 Å². The molecule has 0 bridgehead atoms. The van der Waals surface area contributed by atoms with Gasteiger partial charge in [-0.05, 0) is 53.8 Å². The number of aromatic nitrogens is 1. The van der Waals surface area contributed by atoms with Crippen molar-refractivity contribution in [3.63, 3.8) is 0 Å². The summed E-state index contributed by atoms with van der Waals surface area (Å²) in [5.74, 6) is 0.948. The second-order valence-electron chi connectivity index (χ2n) is 6.78. The summed E-state index contributed by atoms with van der Waals surface area (Å²) in [6, 6.07) is 22.5. The molecule has 0 saturated carbocycles. The van der Waals surface area contributed by atoms with E-state index in [1.165, 1.54) is 29.4 Å². The Labute approximate surface area is 172 Å². The van der Waals surface area contributed by atoms with E-state index < -0.39 is 0 Å². The van der Waals surface area contributed by atoms with Crippen molar-refractivity contribution in [3.05, 3.63) is 100 Å². The molecule has 5 heteroatoms. The first-order valence-corrected chi connectivity index (χ1v) is 10.2. The number of ether oxygens (including phenoxy) is 1. The first-order valence-electron chi connectivity index (χ1n) is 9.24. The second kappa shape index (κ2) is 8.13. The molecule has 0 amide bonds. The minimum absolute atomic E-state index is 0.233. The summed E-state index contributed by atoms with van der Waals surface area (Å²) in [5.41, 5.74) is 2.60. The van der Waals surface area contributed by atoms with Gasteiger partial charge in [-0.2, -0.15) is 0 Å². The summed E-state index contributed by atoms with van der Waals surface area (Å²) in [7, 11) is 1.52. The monoisotopic (exact) mass is 405 g/mol. The Morgan fingerprint density at radius 3 is 2.55 bits per heavy atom. The predicted molar refractivity (Wildman–Crippen MR) is 117 cm³/mol. The Morgan fingerprint density at radius 2 is 1.79 bits per heavy atom. The number of hydrogen-bond acceptors (Lipinski definition) is 3. The molecule has 3 aromatic carbocycles. The summed E-state index contributed by atoms with van der Waals surface area (Å²) in [6.07, 6.45) is 0. The Kier molecular flexibility index (Phi) is 5.41. The first kappa shape index (κ1) is 19.3. The minimum atomic E-state index is -0.375. The fraction of sp³-hybridized carbons (Fsp3) is 0.125. The van der Waals surface area contributed by atoms with Crippen LogP contribution in [0.15, 0.2) is 82.5 Å². The van der Waals surface area contributed by atoms with E-state index >= 15 is 0 Å². The lowest BCUT2D eigenvalue weighted by atomic mass is 10.1. The molecule has 0 radical (unpaired) electrons. The van der Waals surface area contributed by atoms with Crippen LogP contribution in [0, 0.1) is 12.7 Å². The number of pyridine rings is 1. The SMILES string of the molecule is COc1cc(C)c(F)cc1-n1c(=O)ccc2cc(SCc3ccccc3)ccc21. The standard InChI is InChI=1S/C24H20FNO2S/c1-16-12-23(28-2)22(14-20(16)25)26-21-10-9-19(13-18(21)8-11-24(26)27)29-15-17-6-4-3-5-7-17/h3-14H,15H2,1-2H3. The smallest absolute Gasteiger partial charge is 0.255 e. The lowest BCUT2D eigenvalue weighted by Crippen LogP contribution is -2.18. The summed E-state index contributed by atoms with van der Waals surface area (Å²) in [5, 5.41) is 0.908. The van der Waals surface area contributed by atoms with E-state index in [2.05, 4.69) is 18.2 Å². The quantitative estimate of drug-likeness (QED) is 0.397. The number of fused-ring (bicyclic) bond motifs is 1. The highest BCUT2D eigenvalue weighted by Gasteiger charge is 2.14. The van der Waals surface area contributed by atoms with Crippen molar-refractivity contribution in [3.8, 4) is 11.4 Å². The van der Waals surface area contributed by atoms with Crippen LogP contribution in [0.1, 0.15) is 11.1 Å². The van der Waals surface area contributed by atoms with Gasteiger partial charge in [0.2, 0.25) is 0 Å². The Bertz CT molecular complexity index is 1240. The average Bonchev–Trinajstić information content (AvgIpc) is 2.74. The van der Waals surface area contributed by atoms with E-state index in [0.717, 1.165) is 16.0 Å². The average molecular weight is 405 g/mol. The molecular formula is C24H20FNO2S. The number of halogens is 1. The molecule has 0 aliphatic carbocycles. The van der Waals surface area contributed by atoms with Crippen molar-refractivity contribution in [2.24, 2.45) is 0 Å². The molecule has 4 rings (SSSR count). The highest BCUT2D eigenvalue weighted by molar-refractivity contribution is 7.98. The van der Waals surface area contributed by atoms with Gasteiger partial charge in [0.1, 0.15) is 11.6 Å². The van der Waals surface area contributed by atoms with E-state index in [9.17, 15) is 9.18 Å². The molecule has 0 aliphatic heterocycles. The highest BCUT2D eigenvalue weighted by Crippen LogP contribution is 2.30. The summed E-state index contributed by atoms with van der Waals surface area (Å²) >= 11 is 1.73. The third-order valence-corrected chi connectivity index (χ3v) is 5.88. The maximum Gasteiger partial charge on any atom is 0.255 e. The number of benzene rings is 3. The van der Waals surface area contributed by atoms with E-state index in [0.29, 0.717) is 22.5 Å². The number of hydrogen-bond donors (Lipinski definition) is 0. The first-order chi connectivity index (χ1) is 14.1. The Balaban J connectivity index is 1.77. The maximum atomic E-state index is 14.3. The Hall–Kier alpha value is -3.05. The normalized spacial score (nSPS) is 11.0. The molecule has 4 aromatic rings. The molecule has 1 heterocycles. The predicted octanol–water partition coefficient (Wildman–Crippen LogP) is 5.74. The second-order valence-corrected chi connectivity index (χ2v) is 7.82. The molecule has 0 atom stereocenters. The molecule has 29 heavy (non-hydrogen) atoms. The van der Waals surface area contributed by atoms with E-state index in [4.69, 9.17) is 4.74 Å². The van der Waals surface area contributed by atoms with Gasteiger partial charge in [0, 0.05) is 22.8 Å². The molecule has 146 valence electrons. The maximum absolute atomic E-state index is 14.3. The van der Waals surface area contributed by atoms with Crippen molar-refractivity contribution in [1.29, 1.82) is 0 Å². The molecule has 1 aromatic heterocycles. The molecule has 0 N–H and O–H groups in total. The largest absolute Gasteiger partial charge is 0.495 e. The van der Waals surface area contributed by atoms with Crippen LogP contribution in [0.2, 0.25) is 0 Å². The van der Waals surface area contributed by atoms with Crippen molar-refractivity contribution < 1.29 is 9.13 Å². The van der Waals surface area contributed by atoms with Crippen LogP contribution in [0.3, 0.4) is 0 Å². The number of methoxy groups -OCH3 is 1. The van der Waals surface area contributed by atoms with Crippen LogP contribution in [-0.4, -0.2) is 11.7 Å². The molecule has 3 nitrogen and oxygen atoms in total. The molecular weight excluding hydrogens is 385 g/mol. The molecule has 0 unspecified atom stereocenters. The van der Waals surface area contributed by atoms with Crippen molar-refractivity contribution >= 4 is 22.7 Å². The van der Waals surface area contributed by atoms with Crippen molar-refractivity contribution in [2.75, 3.05) is 7.11 Å². The van der Waals surface area contributed by atoms with Gasteiger partial charge >= 0.3 is 0 Å². The number of rotatable bonds is 5. The minimum Gasteiger partial charge on any atom is -0.495 e. The van der Waals surface area contributed by atoms with E-state index in [1.54, 1.807) is 30.8 Å². The van der Waals surface area contributed by atoms with Crippen LogP contribution in [0.5, 0.6) is 5.75 Å². The fourth-order valence-corrected chi connectivity index (χ4v) is 4.19. The molecule has 0 spiro atoms. The molecule has 0 saturated heterocycles. The van der Waals surface area contributed by atoms with Crippen LogP contribution in [0.4, 0.5) is 4.39 Å². The van der Waals surface area contributed by atoms with Crippen molar-refractivity contribution in [1.82, 2.24) is 4.57 Å². The third-order valence-electron chi connectivity index (χ3n) is 4.82. The molecule has 0 aliphatic rings. The van der Waals surface area contributed by atoms with Crippen LogP contribution < -0.4 is 10.3 Å². The highest BCUT2D eigenvalue weighted by atomic mass is 32.2. The van der Waals surface area contributed by atoms with Crippen LogP contribution in [0.25, 0.3) is 16.6 Å². The molecule has 0 fully saturated rings. The summed E-state index contributed by atoms with van der Waals surface area (Å²) in [4.78, 5) is 13.8. The van der Waals surface area contributed by atoms with Gasteiger partial charge in [-0.1, -0.05) is 30.3 Å². The van der Waals surface area contributed by atoms with E-state index in [-0.39, 0.29) is 11.4 Å². The number of aryl methyl sites for hydroxylation is 1. The van der Waals surface area contributed by atoms with Crippen LogP contribution >= 0.6 is 11.8 Å². The van der Waals surface area contributed by atoms with Gasteiger partial charge in [-0.3, -0.25) is 9.36 Å². The lowest BCUT2D eigenvalue weighted by molar-refractivity contribution is 0.411. The van der Waals surface area contributed by atoms with Gasteiger partial charge in [0.15, 0.2) is 0 Å². The van der Waals surface area contributed by atoms with Gasteiger partial charge < -0.3 is 4.74 Å². The number of nitrogens with zero attached hydrogens (tertiary/aromatic N) is 1. The van der Waals surface area contributed by atoms with E-state index in [1.807, 2.05) is 30.3 Å². The zero-order valence-electron chi connectivity index (χ0n) is 16.2. The van der Waals surface area contributed by atoms with Crippen LogP contribution in [-0.2, 0) is 5.75 Å². The van der Waals surface area contributed by atoms with Gasteiger partial charge in [0.05, 0.1) is 18.3 Å². The summed E-state index contributed by atoms with van der Waals surface area (Å²) in [6.45, 7) is 1.67. The zero-order chi connectivity index (χ0) is 20.4. The lowest BCUT2D eigenvalue weighted by Gasteiger charge is -2.15. The number of thioether (sulfide) groups is 1. The summed E-state index contributed by atoms with van der Waals surface area (Å²) < 4.78 is 21.2. The van der Waals surface area contributed by atoms with Gasteiger partial charge in [0.25, 0.3) is 5.56 Å². The topological polar surface area (TPSA) is 31.2 Å². The fourth-order valence-electron chi connectivity index (χ4n) is 3.29. The third kappa shape index (κ3) is 3.91.